The van der Waals surface area contributed by atoms with Crippen molar-refractivity contribution in [1.82, 2.24) is 9.80 Å². The van der Waals surface area contributed by atoms with Crippen LogP contribution in [0.4, 0.5) is 11.4 Å². The van der Waals surface area contributed by atoms with Gasteiger partial charge in [-0.25, -0.2) is 0 Å². The summed E-state index contributed by atoms with van der Waals surface area (Å²) in [7, 11) is 1.68. The van der Waals surface area contributed by atoms with E-state index >= 15 is 0 Å². The Morgan fingerprint density at radius 2 is 2.06 bits per heavy atom. The van der Waals surface area contributed by atoms with Crippen molar-refractivity contribution in [3.8, 4) is 5.75 Å². The highest BCUT2D eigenvalue weighted by Crippen LogP contribution is 2.31. The molecule has 7 nitrogen and oxygen atoms in total. The number of piperidine rings is 1. The van der Waals surface area contributed by atoms with Crippen LogP contribution in [-0.4, -0.2) is 66.3 Å². The number of ether oxygens (including phenoxy) is 1. The van der Waals surface area contributed by atoms with Gasteiger partial charge in [0.2, 0.25) is 5.91 Å². The van der Waals surface area contributed by atoms with Crippen molar-refractivity contribution in [3.63, 3.8) is 0 Å². The minimum Gasteiger partial charge on any atom is -0.497 e. The third-order valence-electron chi connectivity index (χ3n) is 6.77. The molecule has 0 saturated carbocycles. The van der Waals surface area contributed by atoms with E-state index in [4.69, 9.17) is 10.5 Å². The number of amides is 1. The molecule has 1 fully saturated rings. The number of benzene rings is 2. The van der Waals surface area contributed by atoms with Crippen molar-refractivity contribution in [3.05, 3.63) is 47.5 Å². The Labute approximate surface area is 206 Å². The molecule has 0 unspecified atom stereocenters. The van der Waals surface area contributed by atoms with E-state index in [0.717, 1.165) is 68.3 Å². The number of anilines is 1. The maximum Gasteiger partial charge on any atom is 0.296 e. The molecular weight excluding hydrogens is 446 g/mol. The van der Waals surface area contributed by atoms with Gasteiger partial charge >= 0.3 is 0 Å². The van der Waals surface area contributed by atoms with E-state index in [1.807, 2.05) is 34.9 Å². The molecule has 2 aromatic carbocycles. The van der Waals surface area contributed by atoms with E-state index in [1.165, 1.54) is 16.0 Å². The lowest BCUT2D eigenvalue weighted by Crippen LogP contribution is -2.38. The van der Waals surface area contributed by atoms with Gasteiger partial charge in [-0.2, -0.15) is 0 Å². The summed E-state index contributed by atoms with van der Waals surface area (Å²) in [6.07, 6.45) is 3.81. The van der Waals surface area contributed by atoms with E-state index in [1.54, 1.807) is 7.11 Å². The molecular formula is C26H34N5O2S+. The summed E-state index contributed by atoms with van der Waals surface area (Å²) in [6.45, 7) is 7.73. The molecule has 1 amide bonds. The molecule has 0 bridgehead atoms. The van der Waals surface area contributed by atoms with Crippen molar-refractivity contribution < 1.29 is 14.3 Å². The molecule has 0 aromatic heterocycles. The largest absolute Gasteiger partial charge is 0.497 e. The van der Waals surface area contributed by atoms with Gasteiger partial charge in [0.1, 0.15) is 10.9 Å². The van der Waals surface area contributed by atoms with E-state index in [2.05, 4.69) is 39.7 Å². The zero-order valence-corrected chi connectivity index (χ0v) is 20.7. The van der Waals surface area contributed by atoms with Gasteiger partial charge in [0, 0.05) is 47.2 Å². The molecule has 2 N–H and O–H groups in total. The summed E-state index contributed by atoms with van der Waals surface area (Å²) < 4.78 is 5.37. The first-order chi connectivity index (χ1) is 16.6. The summed E-state index contributed by atoms with van der Waals surface area (Å²) in [6, 6.07) is 12.0. The number of nitrogens with two attached hydrogens (primary N) is 1. The van der Waals surface area contributed by atoms with Gasteiger partial charge < -0.3 is 20.3 Å². The fourth-order valence-electron chi connectivity index (χ4n) is 4.76. The van der Waals surface area contributed by atoms with Gasteiger partial charge in [-0.3, -0.25) is 4.79 Å². The number of likely N-dealkylation sites (tertiary alicyclic amines) is 1. The smallest absolute Gasteiger partial charge is 0.296 e. The van der Waals surface area contributed by atoms with Crippen molar-refractivity contribution in [1.29, 1.82) is 0 Å². The first kappa shape index (κ1) is 24.3. The molecule has 4 rings (SSSR count). The lowest BCUT2D eigenvalue weighted by molar-refractivity contribution is -0.132. The Morgan fingerprint density at radius 1 is 1.24 bits per heavy atom. The highest BCUT2D eigenvalue weighted by atomic mass is 32.2. The second kappa shape index (κ2) is 11.6. The average Bonchev–Trinajstić information content (AvgIpc) is 3.07. The van der Waals surface area contributed by atoms with Gasteiger partial charge in [-0.05, 0) is 79.7 Å². The highest BCUT2D eigenvalue weighted by molar-refractivity contribution is 7.99. The van der Waals surface area contributed by atoms with Crippen LogP contribution < -0.4 is 10.5 Å². The van der Waals surface area contributed by atoms with Gasteiger partial charge in [-0.15, -0.1) is 11.8 Å². The number of hydrogen-bond acceptors (Lipinski definition) is 6. The van der Waals surface area contributed by atoms with Crippen LogP contribution in [0, 0.1) is 5.92 Å². The average molecular weight is 481 g/mol. The number of carbonyl (C=O) groups excluding carboxylic acids is 1. The number of rotatable bonds is 7. The quantitative estimate of drug-likeness (QED) is 0.280. The Bertz CT molecular complexity index is 1060. The van der Waals surface area contributed by atoms with E-state index in [-0.39, 0.29) is 5.91 Å². The second-order valence-corrected chi connectivity index (χ2v) is 10.1. The predicted octanol–water partition coefficient (Wildman–Crippen LogP) is 4.05. The van der Waals surface area contributed by atoms with Crippen LogP contribution in [0.1, 0.15) is 30.4 Å². The van der Waals surface area contributed by atoms with Crippen molar-refractivity contribution in [2.24, 2.45) is 11.0 Å². The molecule has 0 aliphatic carbocycles. The molecule has 180 valence electrons. The third-order valence-corrected chi connectivity index (χ3v) is 7.87. The van der Waals surface area contributed by atoms with Crippen LogP contribution in [0.15, 0.2) is 46.4 Å². The van der Waals surface area contributed by atoms with E-state index in [0.29, 0.717) is 18.9 Å². The molecule has 8 heteroatoms. The Balaban J connectivity index is 1.24. The van der Waals surface area contributed by atoms with Gasteiger partial charge in [0.25, 0.3) is 6.72 Å². The molecule has 34 heavy (non-hydrogen) atoms. The minimum atomic E-state index is 0.241. The first-order valence-electron chi connectivity index (χ1n) is 11.9. The molecule has 0 atom stereocenters. The van der Waals surface area contributed by atoms with Crippen LogP contribution in [0.2, 0.25) is 0 Å². The standard InChI is InChI=1S/C26H34N5O2S/c1-28-29-22-4-3-20(24(27)17-22)15-19-7-10-30(11-8-19)12-9-26(32)31-13-14-34-25-6-5-23(33-2)16-21(25)18-31/h3-6,16-17,19H,1,7-15,18,27H2,2H3/q+1. The van der Waals surface area contributed by atoms with Gasteiger partial charge in [0.05, 0.1) is 7.11 Å². The Hall–Kier alpha value is -2.80. The SMILES string of the molecule is C=[N+]=Nc1ccc(CC2CCN(CCC(=O)N3CCSc4ccc(OC)cc4C3)CC2)c(N)c1. The first-order valence-corrected chi connectivity index (χ1v) is 12.9. The Kier molecular flexibility index (Phi) is 8.27. The normalized spacial score (nSPS) is 16.9. The summed E-state index contributed by atoms with van der Waals surface area (Å²) >= 11 is 1.82. The van der Waals surface area contributed by atoms with Crippen LogP contribution in [-0.2, 0) is 17.8 Å². The minimum absolute atomic E-state index is 0.241. The van der Waals surface area contributed by atoms with Crippen molar-refractivity contribution in [2.45, 2.75) is 37.1 Å². The van der Waals surface area contributed by atoms with Crippen LogP contribution in [0.3, 0.4) is 0 Å². The Morgan fingerprint density at radius 3 is 2.79 bits per heavy atom. The summed E-state index contributed by atoms with van der Waals surface area (Å²) in [5.41, 5.74) is 10.1. The number of fused-ring (bicyclic) bond motifs is 1. The number of nitrogens with zero attached hydrogens (tertiary/aromatic N) is 4. The van der Waals surface area contributed by atoms with Gasteiger partial charge in [-0.1, -0.05) is 6.07 Å². The number of methoxy groups -OCH3 is 1. The van der Waals surface area contributed by atoms with Gasteiger partial charge in [0.15, 0.2) is 5.69 Å². The number of hydrogen-bond donors (Lipinski definition) is 1. The van der Waals surface area contributed by atoms with Crippen LogP contribution in [0.5, 0.6) is 5.75 Å². The zero-order chi connectivity index (χ0) is 23.9. The highest BCUT2D eigenvalue weighted by Gasteiger charge is 2.23. The molecule has 2 aliphatic heterocycles. The van der Waals surface area contributed by atoms with Crippen molar-refractivity contribution in [2.75, 3.05) is 44.8 Å². The molecule has 2 heterocycles. The monoisotopic (exact) mass is 480 g/mol. The number of thioether (sulfide) groups is 1. The lowest BCUT2D eigenvalue weighted by Gasteiger charge is -2.32. The van der Waals surface area contributed by atoms with Crippen molar-refractivity contribution >= 4 is 35.8 Å². The molecule has 0 radical (unpaired) electrons. The molecule has 2 aliphatic rings. The lowest BCUT2D eigenvalue weighted by atomic mass is 9.89. The third kappa shape index (κ3) is 6.20. The summed E-state index contributed by atoms with van der Waals surface area (Å²) in [5.74, 6) is 2.63. The second-order valence-electron chi connectivity index (χ2n) is 9.00. The molecule has 1 saturated heterocycles. The summed E-state index contributed by atoms with van der Waals surface area (Å²) in [5, 5.41) is 3.95. The topological polar surface area (TPSA) is 85.3 Å². The predicted molar refractivity (Wildman–Crippen MR) is 137 cm³/mol. The maximum absolute atomic E-state index is 13.0. The number of carbonyl (C=O) groups is 1. The fourth-order valence-corrected chi connectivity index (χ4v) is 5.76. The molecule has 2 aromatic rings. The number of nitrogen functional groups attached to an aromatic ring is 1. The van der Waals surface area contributed by atoms with Crippen LogP contribution >= 0.6 is 11.8 Å². The maximum atomic E-state index is 13.0. The molecule has 0 spiro atoms. The van der Waals surface area contributed by atoms with Crippen LogP contribution in [0.25, 0.3) is 0 Å². The van der Waals surface area contributed by atoms with E-state index < -0.39 is 0 Å². The summed E-state index contributed by atoms with van der Waals surface area (Å²) in [4.78, 5) is 22.2. The fraction of sp³-hybridized carbons (Fsp3) is 0.462. The zero-order valence-electron chi connectivity index (χ0n) is 19.9. The van der Waals surface area contributed by atoms with E-state index in [9.17, 15) is 4.79 Å².